The average molecular weight is 132 g/mol. The number of rotatable bonds is 4. The molecule has 0 heterocycles. The van der Waals surface area contributed by atoms with Crippen molar-refractivity contribution < 1.29 is 0 Å². The van der Waals surface area contributed by atoms with Gasteiger partial charge in [-0.3, -0.25) is 0 Å². The zero-order valence-corrected chi connectivity index (χ0v) is 9.02. The summed E-state index contributed by atoms with van der Waals surface area (Å²) in [6, 6.07) is 0. The summed E-state index contributed by atoms with van der Waals surface area (Å²) < 4.78 is 0. The van der Waals surface area contributed by atoms with E-state index in [0.717, 1.165) is 25.5 Å². The molecule has 0 saturated carbocycles. The lowest BCUT2D eigenvalue weighted by Gasteiger charge is -2.22. The molecule has 0 rings (SSSR count). The first-order valence-corrected chi connectivity index (χ1v) is 5.00. The molecule has 0 fully saturated rings. The van der Waals surface area contributed by atoms with Gasteiger partial charge in [-0.25, -0.2) is 0 Å². The summed E-state index contributed by atoms with van der Waals surface area (Å²) in [6.45, 7) is 0. The number of hydrogen-bond acceptors (Lipinski definition) is 0. The molecule has 0 aliphatic rings. The van der Waals surface area contributed by atoms with Gasteiger partial charge in [0.1, 0.15) is 0 Å². The van der Waals surface area contributed by atoms with E-state index in [1.807, 2.05) is 0 Å². The smallest absolute Gasteiger partial charge is 0.00813 e. The highest BCUT2D eigenvalue weighted by molar-refractivity contribution is 8.00. The van der Waals surface area contributed by atoms with Crippen LogP contribution in [0.5, 0.6) is 0 Å². The molecule has 46 valence electrons. The van der Waals surface area contributed by atoms with Crippen molar-refractivity contribution in [1.82, 2.24) is 0 Å². The molecule has 0 amide bonds. The molecule has 0 bridgehead atoms. The molecule has 0 aromatic heterocycles. The van der Waals surface area contributed by atoms with Crippen LogP contribution in [0.1, 0.15) is 0 Å². The van der Waals surface area contributed by atoms with E-state index in [4.69, 9.17) is 0 Å². The SMILES string of the molecule is BBB(B(B)B)B(B)B(B)B. The third-order valence-electron chi connectivity index (χ3n) is 3.05. The van der Waals surface area contributed by atoms with Crippen molar-refractivity contribution in [2.24, 2.45) is 0 Å². The van der Waals surface area contributed by atoms with E-state index >= 15 is 0 Å². The second kappa shape index (κ2) is 5.38. The molecule has 0 atom stereocenters. The van der Waals surface area contributed by atoms with Gasteiger partial charge in [-0.05, 0) is 0 Å². The van der Waals surface area contributed by atoms with Crippen LogP contribution >= 0.6 is 0 Å². The van der Waals surface area contributed by atoms with Crippen LogP contribution in [-0.2, 0) is 0 Å². The summed E-state index contributed by atoms with van der Waals surface area (Å²) in [4.78, 5) is 0. The van der Waals surface area contributed by atoms with Gasteiger partial charge in [0.25, 0.3) is 0 Å². The van der Waals surface area contributed by atoms with Crippen LogP contribution in [0.25, 0.3) is 0 Å². The largest absolute Gasteiger partial charge is 0.0593 e. The van der Waals surface area contributed by atoms with Gasteiger partial charge in [0, 0.05) is 32.6 Å². The summed E-state index contributed by atoms with van der Waals surface area (Å²) in [5.41, 5.74) is 0. The van der Waals surface area contributed by atoms with Gasteiger partial charge in [0.2, 0.25) is 0 Å². The van der Waals surface area contributed by atoms with Crippen LogP contribution in [0.4, 0.5) is 0 Å². The van der Waals surface area contributed by atoms with Crippen molar-refractivity contribution >= 4 is 79.0 Å². The Morgan fingerprint density at radius 3 is 1.36 bits per heavy atom. The normalized spacial score (nSPS) is 8.36. The van der Waals surface area contributed by atoms with Gasteiger partial charge in [-0.1, -0.05) is 0 Å². The van der Waals surface area contributed by atoms with Crippen LogP contribution in [0.15, 0.2) is 0 Å². The van der Waals surface area contributed by atoms with Crippen molar-refractivity contribution in [2.45, 2.75) is 0 Å². The first kappa shape index (κ1) is 11.7. The van der Waals surface area contributed by atoms with Gasteiger partial charge >= 0.3 is 0 Å². The minimum atomic E-state index is 0.836. The zero-order chi connectivity index (χ0) is 9.02. The molecule has 0 aliphatic heterocycles. The van der Waals surface area contributed by atoms with Crippen LogP contribution in [-0.4, -0.2) is 79.0 Å². The van der Waals surface area contributed by atoms with Gasteiger partial charge in [0.15, 0.2) is 0 Å². The Morgan fingerprint density at radius 2 is 1.27 bits per heavy atom. The van der Waals surface area contributed by atoms with Crippen LogP contribution in [0, 0.1) is 0 Å². The number of hydrogen-bond donors (Lipinski definition) is 0. The quantitative estimate of drug-likeness (QED) is 0.333. The molecule has 11 heavy (non-hydrogen) atoms. The van der Waals surface area contributed by atoms with Crippen molar-refractivity contribution in [1.29, 1.82) is 0 Å². The fourth-order valence-electron chi connectivity index (χ4n) is 1.94. The predicted molar refractivity (Wildman–Crippen MR) is 81.4 cm³/mol. The lowest BCUT2D eigenvalue weighted by atomic mass is 8.57. The lowest BCUT2D eigenvalue weighted by Crippen LogP contribution is -2.62. The summed E-state index contributed by atoms with van der Waals surface area (Å²) in [6.07, 6.45) is 3.47. The van der Waals surface area contributed by atoms with E-state index in [1.54, 1.807) is 0 Å². The minimum absolute atomic E-state index is 0.836. The van der Waals surface area contributed by atoms with Crippen LogP contribution in [0.2, 0.25) is 0 Å². The van der Waals surface area contributed by atoms with E-state index in [2.05, 4.69) is 46.4 Å². The Morgan fingerprint density at radius 1 is 0.818 bits per heavy atom. The monoisotopic (exact) mass is 134 g/mol. The van der Waals surface area contributed by atoms with Crippen molar-refractivity contribution in [3.8, 4) is 0 Å². The Kier molecular flexibility index (Phi) is 5.72. The van der Waals surface area contributed by atoms with Gasteiger partial charge in [-0.2, -0.15) is 0 Å². The first-order chi connectivity index (χ1) is 5.00. The van der Waals surface area contributed by atoms with Crippen molar-refractivity contribution in [2.75, 3.05) is 0 Å². The lowest BCUT2D eigenvalue weighted by molar-refractivity contribution is 3.51. The topological polar surface area (TPSA) is 0 Å². The standard InChI is InChI=1S/B11H13/c1-7-11(9(4)5)10(6)8(2)3/h7H,1-6H2. The van der Waals surface area contributed by atoms with Crippen molar-refractivity contribution in [3.63, 3.8) is 0 Å². The van der Waals surface area contributed by atoms with E-state index in [-0.39, 0.29) is 0 Å². The van der Waals surface area contributed by atoms with Gasteiger partial charge in [-0.15, -0.1) is 0 Å². The Hall–Kier alpha value is 0.714. The Bertz CT molecular complexity index is 92.2. The van der Waals surface area contributed by atoms with E-state index in [0.29, 0.717) is 0 Å². The van der Waals surface area contributed by atoms with Gasteiger partial charge in [0.05, 0.1) is 46.4 Å². The van der Waals surface area contributed by atoms with E-state index in [9.17, 15) is 0 Å². The van der Waals surface area contributed by atoms with Crippen LogP contribution < -0.4 is 0 Å². The van der Waals surface area contributed by atoms with Crippen LogP contribution in [0.3, 0.4) is 0 Å². The molecule has 0 aromatic rings. The summed E-state index contributed by atoms with van der Waals surface area (Å²) in [7, 11) is 15.4. The molecule has 0 spiro atoms. The molecule has 0 N–H and O–H groups in total. The molecule has 0 aliphatic carbocycles. The molecule has 11 heteroatoms. The Labute approximate surface area is 79.4 Å². The van der Waals surface area contributed by atoms with Gasteiger partial charge < -0.3 is 0 Å². The molecular formula is H13B11. The fraction of sp³-hybridized carbons (Fsp3) is 0. The summed E-state index contributed by atoms with van der Waals surface area (Å²) >= 11 is 0. The second-order valence-corrected chi connectivity index (χ2v) is 4.42. The summed E-state index contributed by atoms with van der Waals surface area (Å²) in [5.74, 6) is 0. The van der Waals surface area contributed by atoms with E-state index in [1.165, 1.54) is 7.06 Å². The minimum Gasteiger partial charge on any atom is 0.00813 e. The molecule has 0 aromatic carbocycles. The highest BCUT2D eigenvalue weighted by Crippen LogP contribution is 1.87. The maximum atomic E-state index is 2.39. The second-order valence-electron chi connectivity index (χ2n) is 4.42. The highest BCUT2D eigenvalue weighted by atomic mass is 13.1. The average Bonchev–Trinajstić information content (AvgIpc) is 1.88. The molecule has 0 unspecified atom stereocenters. The molecule has 0 nitrogen and oxygen atoms in total. The third kappa shape index (κ3) is 3.76. The maximum absolute atomic E-state index is 2.39. The molecule has 0 radical (unpaired) electrons. The Balaban J connectivity index is 4.02. The highest BCUT2D eigenvalue weighted by Gasteiger charge is 2.27. The zero-order valence-electron chi connectivity index (χ0n) is 9.02. The first-order valence-electron chi connectivity index (χ1n) is 5.00. The predicted octanol–water partition coefficient (Wildman–Crippen LogP) is -7.67. The fourth-order valence-corrected chi connectivity index (χ4v) is 1.94. The summed E-state index contributed by atoms with van der Waals surface area (Å²) in [5, 5.41) is 0. The molecular weight excluding hydrogens is 119 g/mol. The van der Waals surface area contributed by atoms with Crippen molar-refractivity contribution in [3.05, 3.63) is 0 Å². The molecule has 0 saturated heterocycles. The maximum Gasteiger partial charge on any atom is 0.0593 e. The third-order valence-corrected chi connectivity index (χ3v) is 3.05. The van der Waals surface area contributed by atoms with E-state index < -0.39 is 0 Å².